The molecule has 7 heteroatoms. The van der Waals surface area contributed by atoms with Crippen LogP contribution in [0.3, 0.4) is 0 Å². The fourth-order valence-electron chi connectivity index (χ4n) is 1.67. The molecule has 0 radical (unpaired) electrons. The lowest BCUT2D eigenvalue weighted by atomic mass is 10.1. The second-order valence-corrected chi connectivity index (χ2v) is 3.82. The van der Waals surface area contributed by atoms with Crippen molar-refractivity contribution in [1.82, 2.24) is 25.5 Å². The fourth-order valence-corrected chi connectivity index (χ4v) is 1.67. The molecule has 1 aliphatic heterocycles. The van der Waals surface area contributed by atoms with E-state index >= 15 is 0 Å². The van der Waals surface area contributed by atoms with E-state index in [-0.39, 0.29) is 12.5 Å². The molecule has 0 amide bonds. The molecule has 1 aliphatic rings. The summed E-state index contributed by atoms with van der Waals surface area (Å²) in [5.74, 6) is 0.202. The zero-order chi connectivity index (χ0) is 12.1. The summed E-state index contributed by atoms with van der Waals surface area (Å²) in [5, 5.41) is 14.5. The summed E-state index contributed by atoms with van der Waals surface area (Å²) in [5.41, 5.74) is 1.11. The number of carbonyl (C=O) groups excluding carboxylic acids is 1. The van der Waals surface area contributed by atoms with Crippen molar-refractivity contribution in [2.24, 2.45) is 0 Å². The van der Waals surface area contributed by atoms with Crippen LogP contribution in [0.25, 0.3) is 6.08 Å². The van der Waals surface area contributed by atoms with Crippen molar-refractivity contribution in [3.05, 3.63) is 11.5 Å². The number of nitrogens with zero attached hydrogens (tertiary/aromatic N) is 4. The van der Waals surface area contributed by atoms with Crippen molar-refractivity contribution in [2.75, 3.05) is 13.7 Å². The van der Waals surface area contributed by atoms with Gasteiger partial charge in [0.1, 0.15) is 6.54 Å². The first kappa shape index (κ1) is 11.6. The number of piperidine rings is 1. The van der Waals surface area contributed by atoms with Crippen molar-refractivity contribution >= 4 is 12.0 Å². The van der Waals surface area contributed by atoms with Crippen molar-refractivity contribution in [1.29, 1.82) is 0 Å². The summed E-state index contributed by atoms with van der Waals surface area (Å²) in [6.07, 6.45) is 5.22. The van der Waals surface area contributed by atoms with Gasteiger partial charge in [0.05, 0.1) is 7.11 Å². The number of aromatic nitrogens is 4. The highest BCUT2D eigenvalue weighted by Gasteiger charge is 2.11. The molecule has 7 nitrogen and oxygen atoms in total. The van der Waals surface area contributed by atoms with E-state index in [0.29, 0.717) is 5.82 Å². The molecule has 0 aromatic carbocycles. The van der Waals surface area contributed by atoms with Crippen LogP contribution in [0, 0.1) is 0 Å². The maximum Gasteiger partial charge on any atom is 0.327 e. The number of allylic oxidation sites excluding steroid dienone is 1. The van der Waals surface area contributed by atoms with Gasteiger partial charge in [0.15, 0.2) is 5.82 Å². The predicted octanol–water partition coefficient (Wildman–Crippen LogP) is -0.0395. The summed E-state index contributed by atoms with van der Waals surface area (Å²) in [4.78, 5) is 11.1. The number of tetrazole rings is 1. The summed E-state index contributed by atoms with van der Waals surface area (Å²) >= 11 is 0. The van der Waals surface area contributed by atoms with Crippen LogP contribution < -0.4 is 5.32 Å². The molecule has 1 aromatic rings. The normalized spacial score (nSPS) is 17.8. The van der Waals surface area contributed by atoms with Gasteiger partial charge in [-0.1, -0.05) is 0 Å². The lowest BCUT2D eigenvalue weighted by Gasteiger charge is -2.16. The lowest BCUT2D eigenvalue weighted by Crippen LogP contribution is -2.20. The Morgan fingerprint density at radius 2 is 2.47 bits per heavy atom. The zero-order valence-corrected chi connectivity index (χ0v) is 9.72. The van der Waals surface area contributed by atoms with Crippen LogP contribution in [0.4, 0.5) is 0 Å². The molecule has 0 atom stereocenters. The molecule has 2 heterocycles. The number of rotatable bonds is 3. The van der Waals surface area contributed by atoms with E-state index < -0.39 is 0 Å². The maximum absolute atomic E-state index is 11.1. The van der Waals surface area contributed by atoms with Gasteiger partial charge in [0.2, 0.25) is 0 Å². The van der Waals surface area contributed by atoms with Crippen molar-refractivity contribution in [3.8, 4) is 0 Å². The van der Waals surface area contributed by atoms with E-state index in [2.05, 4.69) is 25.6 Å². The predicted molar refractivity (Wildman–Crippen MR) is 59.7 cm³/mol. The minimum atomic E-state index is -0.367. The van der Waals surface area contributed by atoms with Crippen LogP contribution in [-0.4, -0.2) is 39.8 Å². The van der Waals surface area contributed by atoms with Gasteiger partial charge in [-0.2, -0.15) is 0 Å². The van der Waals surface area contributed by atoms with E-state index in [1.807, 2.05) is 6.08 Å². The van der Waals surface area contributed by atoms with Gasteiger partial charge < -0.3 is 10.1 Å². The molecule has 0 unspecified atom stereocenters. The first-order chi connectivity index (χ1) is 8.29. The molecule has 1 aromatic heterocycles. The molecule has 1 saturated heterocycles. The van der Waals surface area contributed by atoms with Gasteiger partial charge >= 0.3 is 5.97 Å². The Bertz CT molecular complexity index is 418. The van der Waals surface area contributed by atoms with Crippen molar-refractivity contribution < 1.29 is 9.53 Å². The molecule has 17 heavy (non-hydrogen) atoms. The second-order valence-electron chi connectivity index (χ2n) is 3.82. The quantitative estimate of drug-likeness (QED) is 0.743. The van der Waals surface area contributed by atoms with Crippen LogP contribution in [0.5, 0.6) is 0 Å². The van der Waals surface area contributed by atoms with E-state index in [9.17, 15) is 4.79 Å². The van der Waals surface area contributed by atoms with E-state index in [0.717, 1.165) is 25.1 Å². The summed E-state index contributed by atoms with van der Waals surface area (Å²) in [6, 6.07) is 0. The lowest BCUT2D eigenvalue weighted by molar-refractivity contribution is -0.141. The maximum atomic E-state index is 11.1. The number of carbonyl (C=O) groups is 1. The summed E-state index contributed by atoms with van der Waals surface area (Å²) < 4.78 is 6.00. The van der Waals surface area contributed by atoms with Gasteiger partial charge in [0, 0.05) is 18.3 Å². The summed E-state index contributed by atoms with van der Waals surface area (Å²) in [7, 11) is 1.34. The van der Waals surface area contributed by atoms with Gasteiger partial charge in [0.25, 0.3) is 0 Å². The highest BCUT2D eigenvalue weighted by molar-refractivity contribution is 5.69. The van der Waals surface area contributed by atoms with Crippen molar-refractivity contribution in [3.63, 3.8) is 0 Å². The Morgan fingerprint density at radius 1 is 1.59 bits per heavy atom. The molecular weight excluding hydrogens is 222 g/mol. The second kappa shape index (κ2) is 5.42. The van der Waals surface area contributed by atoms with Crippen LogP contribution >= 0.6 is 0 Å². The van der Waals surface area contributed by atoms with Gasteiger partial charge in [-0.3, -0.25) is 4.79 Å². The Kier molecular flexibility index (Phi) is 3.69. The highest BCUT2D eigenvalue weighted by Crippen LogP contribution is 2.12. The van der Waals surface area contributed by atoms with Crippen LogP contribution in [-0.2, 0) is 16.1 Å². The Hall–Kier alpha value is -1.92. The average Bonchev–Trinajstić information content (AvgIpc) is 2.78. The fraction of sp³-hybridized carbons (Fsp3) is 0.600. The minimum Gasteiger partial charge on any atom is -0.468 e. The number of hydrogen-bond donors (Lipinski definition) is 1. The number of hydrogen-bond acceptors (Lipinski definition) is 6. The minimum absolute atomic E-state index is 0.0304. The largest absolute Gasteiger partial charge is 0.468 e. The number of nitrogens with one attached hydrogen (secondary N) is 1. The number of esters is 1. The van der Waals surface area contributed by atoms with E-state index in [1.165, 1.54) is 18.2 Å². The first-order valence-corrected chi connectivity index (χ1v) is 5.57. The molecule has 1 N–H and O–H groups in total. The monoisotopic (exact) mass is 237 g/mol. The SMILES string of the molecule is COC(=O)Cn1nnnc1C=C1CCCCN1. The third kappa shape index (κ3) is 3.02. The molecule has 0 spiro atoms. The van der Waals surface area contributed by atoms with Gasteiger partial charge in [-0.05, 0) is 29.7 Å². The molecule has 0 aliphatic carbocycles. The molecular formula is C10H15N5O2. The van der Waals surface area contributed by atoms with Crippen molar-refractivity contribution in [2.45, 2.75) is 25.8 Å². The van der Waals surface area contributed by atoms with Crippen LogP contribution in [0.1, 0.15) is 25.1 Å². The topological polar surface area (TPSA) is 81.9 Å². The van der Waals surface area contributed by atoms with E-state index in [4.69, 9.17) is 0 Å². The van der Waals surface area contributed by atoms with E-state index in [1.54, 1.807) is 0 Å². The summed E-state index contributed by atoms with van der Waals surface area (Å²) in [6.45, 7) is 1.01. The van der Waals surface area contributed by atoms with Crippen LogP contribution in [0.2, 0.25) is 0 Å². The van der Waals surface area contributed by atoms with Crippen LogP contribution in [0.15, 0.2) is 5.70 Å². The average molecular weight is 237 g/mol. The van der Waals surface area contributed by atoms with Gasteiger partial charge in [-0.15, -0.1) is 5.10 Å². The standard InChI is InChI=1S/C10H15N5O2/c1-17-10(16)7-15-9(12-13-14-15)6-8-4-2-3-5-11-8/h6,11H,2-5,7H2,1H3. The molecule has 0 saturated carbocycles. The smallest absolute Gasteiger partial charge is 0.327 e. The third-order valence-corrected chi connectivity index (χ3v) is 2.59. The Labute approximate surface area is 98.8 Å². The zero-order valence-electron chi connectivity index (χ0n) is 9.72. The highest BCUT2D eigenvalue weighted by atomic mass is 16.5. The first-order valence-electron chi connectivity index (χ1n) is 5.57. The molecule has 2 rings (SSSR count). The van der Waals surface area contributed by atoms with Gasteiger partial charge in [-0.25, -0.2) is 4.68 Å². The molecule has 92 valence electrons. The number of methoxy groups -OCH3 is 1. The Morgan fingerprint density at radius 3 is 3.18 bits per heavy atom. The molecule has 1 fully saturated rings. The Balaban J connectivity index is 2.10. The third-order valence-electron chi connectivity index (χ3n) is 2.59. The number of ether oxygens (including phenoxy) is 1. The molecule has 0 bridgehead atoms.